The zero-order chi connectivity index (χ0) is 17.0. The first-order valence-corrected chi connectivity index (χ1v) is 7.36. The average Bonchev–Trinajstić information content (AvgIpc) is 2.50. The Kier molecular flexibility index (Phi) is 5.23. The van der Waals surface area contributed by atoms with E-state index in [0.29, 0.717) is 6.54 Å². The summed E-state index contributed by atoms with van der Waals surface area (Å²) in [5.74, 6) is 0.717. The van der Waals surface area contributed by atoms with Crippen molar-refractivity contribution in [3.63, 3.8) is 0 Å². The third-order valence-electron chi connectivity index (χ3n) is 3.57. The van der Waals surface area contributed by atoms with Crippen LogP contribution in [0.15, 0.2) is 24.3 Å². The third-order valence-corrected chi connectivity index (χ3v) is 3.57. The van der Waals surface area contributed by atoms with E-state index < -0.39 is 18.8 Å². The molecule has 0 aliphatic carbocycles. The second-order valence-corrected chi connectivity index (χ2v) is 5.40. The summed E-state index contributed by atoms with van der Waals surface area (Å²) in [7, 11) is 1.45. The van der Waals surface area contributed by atoms with Gasteiger partial charge in [-0.2, -0.15) is 13.2 Å². The summed E-state index contributed by atoms with van der Waals surface area (Å²) in [4.78, 5) is 15.0. The van der Waals surface area contributed by atoms with E-state index in [1.54, 1.807) is 0 Å². The Morgan fingerprint density at radius 1 is 1.43 bits per heavy atom. The van der Waals surface area contributed by atoms with Gasteiger partial charge in [-0.3, -0.25) is 0 Å². The van der Waals surface area contributed by atoms with Crippen LogP contribution in [0.4, 0.5) is 23.7 Å². The molecule has 8 heteroatoms. The number of amides is 2. The second-order valence-electron chi connectivity index (χ2n) is 5.40. The fourth-order valence-corrected chi connectivity index (χ4v) is 2.47. The van der Waals surface area contributed by atoms with Gasteiger partial charge in [0.05, 0.1) is 18.8 Å². The maximum absolute atomic E-state index is 12.1. The zero-order valence-electron chi connectivity index (χ0n) is 13.1. The summed E-state index contributed by atoms with van der Waals surface area (Å²) in [6.07, 6.45) is -4.72. The van der Waals surface area contributed by atoms with Crippen LogP contribution in [0, 0.1) is 0 Å². The van der Waals surface area contributed by atoms with E-state index in [-0.39, 0.29) is 12.6 Å². The number of carbonyl (C=O) groups is 1. The van der Waals surface area contributed by atoms with Gasteiger partial charge in [0, 0.05) is 13.6 Å². The molecule has 0 fully saturated rings. The van der Waals surface area contributed by atoms with Crippen molar-refractivity contribution in [2.45, 2.75) is 19.2 Å². The van der Waals surface area contributed by atoms with Crippen molar-refractivity contribution >= 4 is 11.7 Å². The Bertz CT molecular complexity index is 551. The second kappa shape index (κ2) is 6.97. The lowest BCUT2D eigenvalue weighted by molar-refractivity contribution is -0.123. The number of fused-ring (bicyclic) bond motifs is 1. The van der Waals surface area contributed by atoms with Gasteiger partial charge in [0.1, 0.15) is 18.4 Å². The first-order chi connectivity index (χ1) is 10.8. The van der Waals surface area contributed by atoms with E-state index in [0.717, 1.165) is 18.0 Å². The monoisotopic (exact) mass is 331 g/mol. The van der Waals surface area contributed by atoms with E-state index in [4.69, 9.17) is 4.74 Å². The number of likely N-dealkylation sites (N-methyl/N-ethyl adjacent to an activating group) is 2. The standard InChI is InChI=1S/C15H20F3N3O2/c1-3-21-9-11(23-13-7-5-4-6-12(13)21)8-20(2)14(22)19-10-15(16,17)18/h4-7,11H,3,8-10H2,1-2H3,(H,19,22). The van der Waals surface area contributed by atoms with E-state index >= 15 is 0 Å². The van der Waals surface area contributed by atoms with Gasteiger partial charge >= 0.3 is 12.2 Å². The number of benzene rings is 1. The minimum atomic E-state index is -4.42. The highest BCUT2D eigenvalue weighted by Crippen LogP contribution is 2.32. The largest absolute Gasteiger partial charge is 0.485 e. The number of hydrogen-bond acceptors (Lipinski definition) is 3. The van der Waals surface area contributed by atoms with Gasteiger partial charge in [-0.15, -0.1) is 0 Å². The van der Waals surface area contributed by atoms with Crippen LogP contribution in [0.1, 0.15) is 6.92 Å². The number of para-hydroxylation sites is 2. The molecule has 23 heavy (non-hydrogen) atoms. The van der Waals surface area contributed by atoms with E-state index in [1.807, 2.05) is 36.5 Å². The summed E-state index contributed by atoms with van der Waals surface area (Å²) in [5, 5.41) is 1.85. The summed E-state index contributed by atoms with van der Waals surface area (Å²) < 4.78 is 42.3. The smallest absolute Gasteiger partial charge is 0.405 e. The number of alkyl halides is 3. The highest BCUT2D eigenvalue weighted by Gasteiger charge is 2.30. The van der Waals surface area contributed by atoms with Gasteiger partial charge in [0.2, 0.25) is 0 Å². The molecule has 2 rings (SSSR count). The number of hydrogen-bond donors (Lipinski definition) is 1. The first-order valence-electron chi connectivity index (χ1n) is 7.36. The topological polar surface area (TPSA) is 44.8 Å². The Morgan fingerprint density at radius 2 is 2.13 bits per heavy atom. The number of ether oxygens (including phenoxy) is 1. The van der Waals surface area contributed by atoms with Crippen molar-refractivity contribution in [2.75, 3.05) is 38.1 Å². The van der Waals surface area contributed by atoms with Gasteiger partial charge in [0.25, 0.3) is 0 Å². The minimum absolute atomic E-state index is 0.203. The van der Waals surface area contributed by atoms with Crippen LogP contribution in [0.25, 0.3) is 0 Å². The molecule has 1 N–H and O–H groups in total. The van der Waals surface area contributed by atoms with Gasteiger partial charge in [-0.1, -0.05) is 12.1 Å². The Balaban J connectivity index is 1.94. The lowest BCUT2D eigenvalue weighted by Crippen LogP contribution is -2.49. The van der Waals surface area contributed by atoms with Crippen LogP contribution in [0.3, 0.4) is 0 Å². The molecule has 1 aromatic rings. The number of nitrogens with one attached hydrogen (secondary N) is 1. The van der Waals surface area contributed by atoms with Crippen LogP contribution in [-0.4, -0.2) is 56.4 Å². The predicted molar refractivity (Wildman–Crippen MR) is 80.8 cm³/mol. The molecule has 1 heterocycles. The molecule has 1 unspecified atom stereocenters. The van der Waals surface area contributed by atoms with E-state index in [2.05, 4.69) is 4.90 Å². The van der Waals surface area contributed by atoms with Crippen LogP contribution in [0.5, 0.6) is 5.75 Å². The van der Waals surface area contributed by atoms with Crippen LogP contribution >= 0.6 is 0 Å². The van der Waals surface area contributed by atoms with Crippen LogP contribution < -0.4 is 15.0 Å². The molecule has 0 saturated carbocycles. The normalized spacial score (nSPS) is 17.3. The molecule has 0 spiro atoms. The lowest BCUT2D eigenvalue weighted by Gasteiger charge is -2.37. The van der Waals surface area contributed by atoms with Gasteiger partial charge < -0.3 is 19.9 Å². The Morgan fingerprint density at radius 3 is 2.78 bits per heavy atom. The lowest BCUT2D eigenvalue weighted by atomic mass is 10.2. The molecular formula is C15H20F3N3O2. The van der Waals surface area contributed by atoms with Crippen molar-refractivity contribution in [2.24, 2.45) is 0 Å². The first kappa shape index (κ1) is 17.2. The van der Waals surface area contributed by atoms with E-state index in [1.165, 1.54) is 11.9 Å². The molecule has 128 valence electrons. The molecule has 2 amide bonds. The molecule has 0 radical (unpaired) electrons. The highest BCUT2D eigenvalue weighted by molar-refractivity contribution is 5.74. The van der Waals surface area contributed by atoms with Crippen molar-refractivity contribution in [3.05, 3.63) is 24.3 Å². The number of anilines is 1. The van der Waals surface area contributed by atoms with Crippen LogP contribution in [-0.2, 0) is 0 Å². The zero-order valence-corrected chi connectivity index (χ0v) is 13.1. The summed E-state index contributed by atoms with van der Waals surface area (Å²) in [5.41, 5.74) is 0.982. The van der Waals surface area contributed by atoms with Crippen molar-refractivity contribution in [3.8, 4) is 5.75 Å². The number of carbonyl (C=O) groups excluding carboxylic acids is 1. The molecule has 1 aromatic carbocycles. The molecule has 0 saturated heterocycles. The van der Waals surface area contributed by atoms with Crippen LogP contribution in [0.2, 0.25) is 0 Å². The predicted octanol–water partition coefficient (Wildman–Crippen LogP) is 2.48. The molecule has 1 aliphatic rings. The van der Waals surface area contributed by atoms with E-state index in [9.17, 15) is 18.0 Å². The Labute approximate surface area is 133 Å². The average molecular weight is 331 g/mol. The number of rotatable bonds is 4. The van der Waals surface area contributed by atoms with Crippen molar-refractivity contribution in [1.82, 2.24) is 10.2 Å². The SMILES string of the molecule is CCN1CC(CN(C)C(=O)NCC(F)(F)F)Oc2ccccc21. The molecule has 5 nitrogen and oxygen atoms in total. The maximum atomic E-state index is 12.1. The molecule has 0 bridgehead atoms. The molecule has 1 aliphatic heterocycles. The van der Waals surface area contributed by atoms with Gasteiger partial charge in [-0.05, 0) is 19.1 Å². The van der Waals surface area contributed by atoms with Crippen molar-refractivity contribution < 1.29 is 22.7 Å². The number of halogens is 3. The maximum Gasteiger partial charge on any atom is 0.405 e. The van der Waals surface area contributed by atoms with Gasteiger partial charge in [0.15, 0.2) is 0 Å². The fraction of sp³-hybridized carbons (Fsp3) is 0.533. The number of nitrogens with zero attached hydrogens (tertiary/aromatic N) is 2. The van der Waals surface area contributed by atoms with Gasteiger partial charge in [-0.25, -0.2) is 4.79 Å². The fourth-order valence-electron chi connectivity index (χ4n) is 2.47. The highest BCUT2D eigenvalue weighted by atomic mass is 19.4. The minimum Gasteiger partial charge on any atom is -0.485 e. The summed E-state index contributed by atoms with van der Waals surface area (Å²) in [6, 6.07) is 6.80. The number of urea groups is 1. The molecule has 0 aromatic heterocycles. The van der Waals surface area contributed by atoms with Crippen molar-refractivity contribution in [1.29, 1.82) is 0 Å². The third kappa shape index (κ3) is 4.67. The summed E-state index contributed by atoms with van der Waals surface area (Å²) in [6.45, 7) is 2.23. The molecular weight excluding hydrogens is 311 g/mol. The Hall–Kier alpha value is -2.12. The quantitative estimate of drug-likeness (QED) is 0.922. The molecule has 1 atom stereocenters. The summed E-state index contributed by atoms with van der Waals surface area (Å²) >= 11 is 0.